The maximum absolute atomic E-state index is 12.0. The second-order valence-corrected chi connectivity index (χ2v) is 11.3. The third-order valence-electron chi connectivity index (χ3n) is 6.33. The molecule has 166 valence electrons. The number of carboxylic acid groups (broad SMARTS) is 2. The van der Waals surface area contributed by atoms with Crippen LogP contribution >= 0.6 is 23.5 Å². The van der Waals surface area contributed by atoms with Gasteiger partial charge in [-0.15, -0.1) is 0 Å². The lowest BCUT2D eigenvalue weighted by atomic mass is 9.91. The number of rotatable bonds is 12. The van der Waals surface area contributed by atoms with Gasteiger partial charge < -0.3 is 10.2 Å². The number of thioether (sulfide) groups is 2. The molecule has 2 fully saturated rings. The van der Waals surface area contributed by atoms with Gasteiger partial charge >= 0.3 is 11.9 Å². The van der Waals surface area contributed by atoms with Crippen LogP contribution in [0.15, 0.2) is 12.1 Å². The zero-order valence-corrected chi connectivity index (χ0v) is 19.4. The zero-order valence-electron chi connectivity index (χ0n) is 17.7. The molecule has 2 aliphatic rings. The van der Waals surface area contributed by atoms with Gasteiger partial charge in [-0.2, -0.15) is 23.5 Å². The largest absolute Gasteiger partial charge is 0.478 e. The molecule has 0 aromatic heterocycles. The van der Waals surface area contributed by atoms with Gasteiger partial charge in [0.1, 0.15) is 0 Å². The van der Waals surface area contributed by atoms with Gasteiger partial charge in [-0.1, -0.05) is 31.7 Å². The molecule has 2 aliphatic carbocycles. The van der Waals surface area contributed by atoms with Crippen molar-refractivity contribution < 1.29 is 19.8 Å². The van der Waals surface area contributed by atoms with Crippen LogP contribution in [-0.4, -0.2) is 44.2 Å². The maximum Gasteiger partial charge on any atom is 0.336 e. The summed E-state index contributed by atoms with van der Waals surface area (Å²) < 4.78 is 0. The molecule has 0 heterocycles. The van der Waals surface area contributed by atoms with Crippen molar-refractivity contribution in [2.75, 3.05) is 11.5 Å². The molecule has 0 unspecified atom stereocenters. The predicted octanol–water partition coefficient (Wildman–Crippen LogP) is 6.30. The smallest absolute Gasteiger partial charge is 0.336 e. The first-order valence-electron chi connectivity index (χ1n) is 11.4. The van der Waals surface area contributed by atoms with Gasteiger partial charge in [0.2, 0.25) is 0 Å². The van der Waals surface area contributed by atoms with E-state index in [9.17, 15) is 19.8 Å². The highest BCUT2D eigenvalue weighted by Crippen LogP contribution is 2.32. The fraction of sp³-hybridized carbons (Fsp3) is 0.667. The van der Waals surface area contributed by atoms with Crippen molar-refractivity contribution >= 4 is 35.5 Å². The third kappa shape index (κ3) is 6.68. The Balaban J connectivity index is 1.64. The van der Waals surface area contributed by atoms with Gasteiger partial charge in [0.15, 0.2) is 0 Å². The van der Waals surface area contributed by atoms with Crippen LogP contribution in [0.5, 0.6) is 0 Å². The molecule has 2 saturated carbocycles. The molecule has 0 saturated heterocycles. The Kier molecular flexibility index (Phi) is 9.44. The summed E-state index contributed by atoms with van der Waals surface area (Å²) in [5.41, 5.74) is 1.70. The van der Waals surface area contributed by atoms with Gasteiger partial charge in [-0.25, -0.2) is 9.59 Å². The van der Waals surface area contributed by atoms with Crippen molar-refractivity contribution in [3.8, 4) is 0 Å². The minimum atomic E-state index is -1.16. The SMILES string of the molecule is O=C(O)c1ccc(CCCSC2CCCC2)c(CCCSC2CCCC2)c1C(=O)O. The Bertz CT molecular complexity index is 722. The summed E-state index contributed by atoms with van der Waals surface area (Å²) in [4.78, 5) is 23.6. The summed E-state index contributed by atoms with van der Waals surface area (Å²) in [6.45, 7) is 0. The summed E-state index contributed by atoms with van der Waals surface area (Å²) in [5.74, 6) is -0.173. The molecule has 0 radical (unpaired) electrons. The average Bonchev–Trinajstić information content (AvgIpc) is 3.42. The Hall–Kier alpha value is -1.14. The van der Waals surface area contributed by atoms with E-state index in [1.807, 2.05) is 29.6 Å². The molecule has 1 aromatic rings. The molecular weight excluding hydrogens is 416 g/mol. The summed E-state index contributed by atoms with van der Waals surface area (Å²) in [6.07, 6.45) is 14.0. The second kappa shape index (κ2) is 12.0. The first kappa shape index (κ1) is 23.5. The highest BCUT2D eigenvalue weighted by Gasteiger charge is 2.23. The second-order valence-electron chi connectivity index (χ2n) is 8.50. The Morgan fingerprint density at radius 2 is 1.33 bits per heavy atom. The lowest BCUT2D eigenvalue weighted by molar-refractivity contribution is 0.0650. The van der Waals surface area contributed by atoms with E-state index in [0.717, 1.165) is 52.4 Å². The van der Waals surface area contributed by atoms with E-state index in [1.54, 1.807) is 0 Å². The normalized spacial score (nSPS) is 17.6. The van der Waals surface area contributed by atoms with Crippen molar-refractivity contribution in [3.05, 3.63) is 34.4 Å². The summed E-state index contributed by atoms with van der Waals surface area (Å²) in [6, 6.07) is 3.34. The lowest BCUT2D eigenvalue weighted by Crippen LogP contribution is -2.14. The van der Waals surface area contributed by atoms with Gasteiger partial charge in [-0.3, -0.25) is 0 Å². The Morgan fingerprint density at radius 3 is 1.83 bits per heavy atom. The van der Waals surface area contributed by atoms with Gasteiger partial charge in [-0.05, 0) is 80.1 Å². The lowest BCUT2D eigenvalue weighted by Gasteiger charge is -2.16. The molecule has 3 rings (SSSR count). The third-order valence-corrected chi connectivity index (χ3v) is 9.26. The molecule has 2 N–H and O–H groups in total. The fourth-order valence-corrected chi connectivity index (χ4v) is 7.38. The number of aromatic carboxylic acids is 2. The average molecular weight is 451 g/mol. The van der Waals surface area contributed by atoms with Crippen molar-refractivity contribution in [3.63, 3.8) is 0 Å². The summed E-state index contributed by atoms with van der Waals surface area (Å²) in [5, 5.41) is 20.8. The standard InChI is InChI=1S/C24H34O4S2/c25-23(26)21-14-13-17(7-5-15-29-18-8-1-2-9-18)20(22(21)24(27)28)12-6-16-30-19-10-3-4-11-19/h13-14,18-19H,1-12,15-16H2,(H,25,26)(H,27,28). The van der Waals surface area contributed by atoms with Crippen LogP contribution in [0.1, 0.15) is 96.1 Å². The number of carboxylic acids is 2. The molecule has 0 aliphatic heterocycles. The van der Waals surface area contributed by atoms with E-state index >= 15 is 0 Å². The minimum Gasteiger partial charge on any atom is -0.478 e. The van der Waals surface area contributed by atoms with E-state index in [0.29, 0.717) is 6.42 Å². The molecule has 30 heavy (non-hydrogen) atoms. The molecule has 0 atom stereocenters. The molecule has 6 heteroatoms. The van der Waals surface area contributed by atoms with Crippen LogP contribution in [0.2, 0.25) is 0 Å². The first-order chi connectivity index (χ1) is 14.6. The van der Waals surface area contributed by atoms with E-state index in [-0.39, 0.29) is 11.1 Å². The van der Waals surface area contributed by atoms with Crippen molar-refractivity contribution in [1.29, 1.82) is 0 Å². The monoisotopic (exact) mass is 450 g/mol. The van der Waals surface area contributed by atoms with Crippen molar-refractivity contribution in [2.45, 2.75) is 87.5 Å². The topological polar surface area (TPSA) is 74.6 Å². The zero-order chi connectivity index (χ0) is 21.3. The molecule has 0 spiro atoms. The van der Waals surface area contributed by atoms with Gasteiger partial charge in [0.25, 0.3) is 0 Å². The fourth-order valence-electron chi connectivity index (χ4n) is 4.75. The van der Waals surface area contributed by atoms with E-state index in [2.05, 4.69) is 0 Å². The van der Waals surface area contributed by atoms with E-state index in [1.165, 1.54) is 57.4 Å². The van der Waals surface area contributed by atoms with Crippen molar-refractivity contribution in [1.82, 2.24) is 0 Å². The van der Waals surface area contributed by atoms with Gasteiger partial charge in [0, 0.05) is 10.5 Å². The van der Waals surface area contributed by atoms with E-state index < -0.39 is 11.9 Å². The first-order valence-corrected chi connectivity index (χ1v) is 13.5. The molecule has 4 nitrogen and oxygen atoms in total. The van der Waals surface area contributed by atoms with Crippen LogP contribution in [-0.2, 0) is 12.8 Å². The number of benzene rings is 1. The van der Waals surface area contributed by atoms with Crippen molar-refractivity contribution in [2.24, 2.45) is 0 Å². The maximum atomic E-state index is 12.0. The molecule has 0 amide bonds. The van der Waals surface area contributed by atoms with Crippen LogP contribution in [0.4, 0.5) is 0 Å². The summed E-state index contributed by atoms with van der Waals surface area (Å²) in [7, 11) is 0. The molecular formula is C24H34O4S2. The number of aryl methyl sites for hydroxylation is 1. The Labute approximate surface area is 188 Å². The number of hydrogen-bond donors (Lipinski definition) is 2. The van der Waals surface area contributed by atoms with Gasteiger partial charge in [0.05, 0.1) is 11.1 Å². The van der Waals surface area contributed by atoms with E-state index in [4.69, 9.17) is 0 Å². The van der Waals surface area contributed by atoms with Crippen LogP contribution < -0.4 is 0 Å². The minimum absolute atomic E-state index is 0.00862. The van der Waals surface area contributed by atoms with Crippen LogP contribution in [0.25, 0.3) is 0 Å². The quantitative estimate of drug-likeness (QED) is 0.364. The number of hydrogen-bond acceptors (Lipinski definition) is 4. The predicted molar refractivity (Wildman–Crippen MR) is 126 cm³/mol. The highest BCUT2D eigenvalue weighted by atomic mass is 32.2. The van der Waals surface area contributed by atoms with Crippen LogP contribution in [0.3, 0.4) is 0 Å². The Morgan fingerprint density at radius 1 is 0.800 bits per heavy atom. The number of carbonyl (C=O) groups is 2. The molecule has 1 aromatic carbocycles. The molecule has 0 bridgehead atoms. The van der Waals surface area contributed by atoms with Crippen LogP contribution in [0, 0.1) is 0 Å². The highest BCUT2D eigenvalue weighted by molar-refractivity contribution is 8.00. The summed E-state index contributed by atoms with van der Waals surface area (Å²) >= 11 is 4.05.